The van der Waals surface area contributed by atoms with Gasteiger partial charge in [0, 0.05) is 24.1 Å². The maximum atomic E-state index is 14.9. The van der Waals surface area contributed by atoms with Crippen LogP contribution in [-0.2, 0) is 55.2 Å². The number of ether oxygens (including phenoxy) is 5. The molecule has 8 rings (SSSR count). The van der Waals surface area contributed by atoms with Gasteiger partial charge in [-0.15, -0.1) is 0 Å². The van der Waals surface area contributed by atoms with E-state index in [1.54, 1.807) is 36.4 Å². The zero-order chi connectivity index (χ0) is 43.8. The lowest BCUT2D eigenvalue weighted by molar-refractivity contribution is -0.298. The van der Waals surface area contributed by atoms with Gasteiger partial charge in [0.15, 0.2) is 12.3 Å². The first kappa shape index (κ1) is 44.0. The third-order valence-corrected chi connectivity index (χ3v) is 12.2. The summed E-state index contributed by atoms with van der Waals surface area (Å²) in [5.74, 6) is -3.68. The molecule has 2 bridgehead atoms. The zero-order valence-electron chi connectivity index (χ0n) is 33.7. The predicted molar refractivity (Wildman–Crippen MR) is 213 cm³/mol. The molecule has 1 aliphatic carbocycles. The first-order valence-corrected chi connectivity index (χ1v) is 20.6. The molecule has 4 saturated heterocycles. The summed E-state index contributed by atoms with van der Waals surface area (Å²) >= 11 is 0. The first-order valence-electron chi connectivity index (χ1n) is 20.6. The van der Waals surface area contributed by atoms with Gasteiger partial charge < -0.3 is 65.0 Å². The fraction of sp³-hybridized carbons (Fsp3) is 0.477. The Bertz CT molecular complexity index is 2030. The largest absolute Gasteiger partial charge is 0.458 e. The topological polar surface area (TPSA) is 255 Å². The van der Waals surface area contributed by atoms with E-state index >= 15 is 0 Å². The summed E-state index contributed by atoms with van der Waals surface area (Å²) in [6.07, 6.45) is -8.95. The SMILES string of the molecule is C[C@H](O)[C@@H](NC(=O)[C@@]12C[C@H]3OC(=O)[C@@H]1N(Cc1ccc(C=CCO[C@H]4O[C@H](CO)[C@H](O)[C@H](O)[C@H]4O)cc1)O[C@@H]2[C@H]1OC(c2ccccc2)(c2ccccc2)O[C@H]13)C(=O)NCCO. The van der Waals surface area contributed by atoms with E-state index in [9.17, 15) is 45.0 Å². The molecule has 4 heterocycles. The normalized spacial score (nSPS) is 33.4. The summed E-state index contributed by atoms with van der Waals surface area (Å²) in [5.41, 5.74) is 1.07. The summed E-state index contributed by atoms with van der Waals surface area (Å²) in [4.78, 5) is 49.1. The van der Waals surface area contributed by atoms with E-state index in [0.29, 0.717) is 16.7 Å². The van der Waals surface area contributed by atoms with E-state index in [1.165, 1.54) is 12.0 Å². The number of hydrogen-bond acceptors (Lipinski definition) is 16. The van der Waals surface area contributed by atoms with Gasteiger partial charge in [0.2, 0.25) is 17.6 Å². The van der Waals surface area contributed by atoms with E-state index in [0.717, 1.165) is 5.56 Å². The number of aliphatic hydroxyl groups excluding tert-OH is 6. The van der Waals surface area contributed by atoms with Gasteiger partial charge in [-0.2, -0.15) is 5.06 Å². The second kappa shape index (κ2) is 18.2. The maximum Gasteiger partial charge on any atom is 0.327 e. The van der Waals surface area contributed by atoms with E-state index in [-0.39, 0.29) is 32.7 Å². The number of carbonyl (C=O) groups is 3. The Labute approximate surface area is 356 Å². The van der Waals surface area contributed by atoms with Crippen molar-refractivity contribution in [1.29, 1.82) is 0 Å². The van der Waals surface area contributed by atoms with E-state index in [2.05, 4.69) is 10.6 Å². The molecular weight excluding hydrogens is 810 g/mol. The first-order chi connectivity index (χ1) is 29.9. The fourth-order valence-corrected chi connectivity index (χ4v) is 9.11. The molecule has 62 heavy (non-hydrogen) atoms. The van der Waals surface area contributed by atoms with Gasteiger partial charge in [-0.3, -0.25) is 19.2 Å². The highest BCUT2D eigenvalue weighted by molar-refractivity contribution is 5.96. The molecule has 0 spiro atoms. The summed E-state index contributed by atoms with van der Waals surface area (Å²) in [7, 11) is 0. The number of fused-ring (bicyclic) bond motifs is 4. The van der Waals surface area contributed by atoms with Crippen LogP contribution in [0.5, 0.6) is 0 Å². The van der Waals surface area contributed by atoms with Gasteiger partial charge in [0.05, 0.1) is 32.5 Å². The Hall–Kier alpha value is -4.67. The average Bonchev–Trinajstić information content (AvgIpc) is 3.87. The van der Waals surface area contributed by atoms with Crippen molar-refractivity contribution in [3.63, 3.8) is 0 Å². The molecule has 8 N–H and O–H groups in total. The standard InChI is InChI=1S/C44H51N3O15/c1-24(50)31(39(54)45-18-19-48)46-42(56)43-21-29-35-36(61-44(60-35,27-10-4-2-5-11-27)28-12-6-3-7-13-28)38(43)62-47(37(43)40(55)58-29)22-26-16-14-25(15-17-26)9-8-20-57-41-34(53)33(52)32(51)30(23-49)59-41/h2-17,24,29-38,41,48-53H,18-23H2,1H3,(H,45,54)(H,46,56)/t24-,29+,30+,31+,32-,33-,34+,35-,36-,37-,38+,41-,43-/m0/s1. The third-order valence-electron chi connectivity index (χ3n) is 12.2. The number of carbonyl (C=O) groups excluding carboxylic acids is 3. The molecule has 5 fully saturated rings. The highest BCUT2D eigenvalue weighted by atomic mass is 16.8. The van der Waals surface area contributed by atoms with Gasteiger partial charge >= 0.3 is 5.97 Å². The van der Waals surface area contributed by atoms with E-state index in [4.69, 9.17) is 28.5 Å². The number of nitrogens with zero attached hydrogens (tertiary/aromatic N) is 1. The summed E-state index contributed by atoms with van der Waals surface area (Å²) in [5, 5.41) is 66.4. The van der Waals surface area contributed by atoms with E-state index in [1.807, 2.05) is 60.7 Å². The van der Waals surface area contributed by atoms with Crippen molar-refractivity contribution >= 4 is 23.9 Å². The van der Waals surface area contributed by atoms with Crippen molar-refractivity contribution in [2.45, 2.75) is 99.0 Å². The number of esters is 1. The minimum atomic E-state index is -1.69. The lowest BCUT2D eigenvalue weighted by Gasteiger charge is -2.49. The Kier molecular flexibility index (Phi) is 12.9. The summed E-state index contributed by atoms with van der Waals surface area (Å²) in [6.45, 7) is 0.275. The zero-order valence-corrected chi connectivity index (χ0v) is 33.7. The van der Waals surface area contributed by atoms with Crippen LogP contribution < -0.4 is 10.6 Å². The predicted octanol–water partition coefficient (Wildman–Crippen LogP) is -1.02. The van der Waals surface area contributed by atoms with Crippen molar-refractivity contribution in [1.82, 2.24) is 15.7 Å². The number of rotatable bonds is 15. The van der Waals surface area contributed by atoms with Crippen LogP contribution in [0.3, 0.4) is 0 Å². The smallest absolute Gasteiger partial charge is 0.327 e. The number of aliphatic hydroxyl groups is 6. The molecule has 332 valence electrons. The molecule has 0 unspecified atom stereocenters. The number of amides is 2. The van der Waals surface area contributed by atoms with Crippen LogP contribution >= 0.6 is 0 Å². The van der Waals surface area contributed by atoms with Crippen LogP contribution in [0.15, 0.2) is 91.0 Å². The Morgan fingerprint density at radius 2 is 1.58 bits per heavy atom. The summed E-state index contributed by atoms with van der Waals surface area (Å²) in [6, 6.07) is 23.0. The Balaban J connectivity index is 1.07. The monoisotopic (exact) mass is 861 g/mol. The van der Waals surface area contributed by atoms with Crippen LogP contribution in [0, 0.1) is 5.41 Å². The van der Waals surface area contributed by atoms with Crippen LogP contribution in [0.4, 0.5) is 0 Å². The van der Waals surface area contributed by atoms with Crippen LogP contribution in [-0.4, -0.2) is 153 Å². The van der Waals surface area contributed by atoms with Crippen molar-refractivity contribution in [2.24, 2.45) is 5.41 Å². The lowest BCUT2D eigenvalue weighted by atomic mass is 9.62. The number of hydrogen-bond donors (Lipinski definition) is 8. The van der Waals surface area contributed by atoms with Gasteiger partial charge in [-0.25, -0.2) is 0 Å². The molecule has 3 aromatic rings. The Morgan fingerprint density at radius 1 is 0.919 bits per heavy atom. The number of nitrogens with one attached hydrogen (secondary N) is 2. The second-order valence-corrected chi connectivity index (χ2v) is 16.1. The van der Waals surface area contributed by atoms with Crippen LogP contribution in [0.2, 0.25) is 0 Å². The number of hydroxylamine groups is 2. The van der Waals surface area contributed by atoms with Crippen LogP contribution in [0.25, 0.3) is 6.08 Å². The highest BCUT2D eigenvalue weighted by Crippen LogP contribution is 2.59. The second-order valence-electron chi connectivity index (χ2n) is 16.1. The lowest BCUT2D eigenvalue weighted by Crippen LogP contribution is -2.71. The van der Waals surface area contributed by atoms with Crippen LogP contribution in [0.1, 0.15) is 35.6 Å². The quantitative estimate of drug-likeness (QED) is 0.0851. The van der Waals surface area contributed by atoms with Crippen molar-refractivity contribution < 1.29 is 73.5 Å². The molecule has 0 aromatic heterocycles. The molecule has 4 aliphatic heterocycles. The van der Waals surface area contributed by atoms with Crippen molar-refractivity contribution in [3.8, 4) is 0 Å². The fourth-order valence-electron chi connectivity index (χ4n) is 9.11. The molecule has 18 nitrogen and oxygen atoms in total. The Morgan fingerprint density at radius 3 is 2.21 bits per heavy atom. The third kappa shape index (κ3) is 7.95. The highest BCUT2D eigenvalue weighted by Gasteiger charge is 2.76. The minimum absolute atomic E-state index is 0.0117. The van der Waals surface area contributed by atoms with E-state index < -0.39 is 109 Å². The minimum Gasteiger partial charge on any atom is -0.458 e. The molecule has 1 saturated carbocycles. The molecule has 5 aliphatic rings. The molecule has 3 aromatic carbocycles. The van der Waals surface area contributed by atoms with Gasteiger partial charge in [-0.1, -0.05) is 97.1 Å². The summed E-state index contributed by atoms with van der Waals surface area (Å²) < 4.78 is 30.9. The molecular formula is C44H51N3O15. The molecule has 13 atom stereocenters. The maximum absolute atomic E-state index is 14.9. The van der Waals surface area contributed by atoms with Crippen molar-refractivity contribution in [2.75, 3.05) is 26.4 Å². The van der Waals surface area contributed by atoms with Crippen molar-refractivity contribution in [3.05, 3.63) is 113 Å². The van der Waals surface area contributed by atoms with Gasteiger partial charge in [0.25, 0.3) is 0 Å². The molecule has 2 amide bonds. The van der Waals surface area contributed by atoms with Gasteiger partial charge in [-0.05, 0) is 18.1 Å². The average molecular weight is 862 g/mol. The van der Waals surface area contributed by atoms with Gasteiger partial charge in [0.1, 0.15) is 60.3 Å². The molecule has 0 radical (unpaired) electrons. The number of benzene rings is 3. The molecule has 18 heteroatoms.